The Hall–Kier alpha value is -3.26. The molecule has 2 N–H and O–H groups in total. The Morgan fingerprint density at radius 2 is 1.83 bits per heavy atom. The van der Waals surface area contributed by atoms with Crippen LogP contribution in [-0.4, -0.2) is 25.5 Å². The van der Waals surface area contributed by atoms with Gasteiger partial charge in [-0.15, -0.1) is 6.42 Å². The van der Waals surface area contributed by atoms with Gasteiger partial charge in [0.15, 0.2) is 0 Å². The van der Waals surface area contributed by atoms with Crippen LogP contribution in [0.2, 0.25) is 0 Å². The van der Waals surface area contributed by atoms with Crippen molar-refractivity contribution in [3.8, 4) is 18.1 Å². The second-order valence-corrected chi connectivity index (χ2v) is 5.01. The lowest BCUT2D eigenvalue weighted by atomic mass is 10.1. The third kappa shape index (κ3) is 4.62. The number of carbonyl (C=O) groups is 2. The number of carbonyl (C=O) groups excluding carboxylic acids is 2. The van der Waals surface area contributed by atoms with E-state index in [0.717, 1.165) is 11.3 Å². The van der Waals surface area contributed by atoms with Crippen LogP contribution >= 0.6 is 0 Å². The van der Waals surface area contributed by atoms with Crippen molar-refractivity contribution in [2.75, 3.05) is 19.0 Å². The number of benzene rings is 2. The lowest BCUT2D eigenvalue weighted by Gasteiger charge is -2.11. The molecule has 0 spiro atoms. The summed E-state index contributed by atoms with van der Waals surface area (Å²) in [5, 5.41) is 5.35. The van der Waals surface area contributed by atoms with Gasteiger partial charge in [0.25, 0.3) is 5.91 Å². The third-order valence-electron chi connectivity index (χ3n) is 3.32. The molecule has 2 aromatic rings. The normalized spacial score (nSPS) is 9.67. The Balaban J connectivity index is 2.05. The van der Waals surface area contributed by atoms with Gasteiger partial charge in [-0.3, -0.25) is 9.59 Å². The second-order valence-electron chi connectivity index (χ2n) is 5.01. The minimum Gasteiger partial charge on any atom is -0.497 e. The molecule has 122 valence electrons. The molecular weight excluding hydrogens is 304 g/mol. The van der Waals surface area contributed by atoms with E-state index in [9.17, 15) is 9.59 Å². The van der Waals surface area contributed by atoms with Crippen molar-refractivity contribution in [1.29, 1.82) is 0 Å². The van der Waals surface area contributed by atoms with Gasteiger partial charge in [-0.2, -0.15) is 0 Å². The Morgan fingerprint density at radius 1 is 1.12 bits per heavy atom. The van der Waals surface area contributed by atoms with Gasteiger partial charge in [0.2, 0.25) is 5.91 Å². The number of rotatable bonds is 6. The molecule has 0 saturated carbocycles. The first-order chi connectivity index (χ1) is 11.6. The molecular formula is C19H18N2O3. The molecule has 0 bridgehead atoms. The van der Waals surface area contributed by atoms with Crippen LogP contribution in [0.5, 0.6) is 5.75 Å². The van der Waals surface area contributed by atoms with Crippen molar-refractivity contribution in [2.45, 2.75) is 6.42 Å². The van der Waals surface area contributed by atoms with E-state index in [1.54, 1.807) is 43.5 Å². The molecule has 5 nitrogen and oxygen atoms in total. The summed E-state index contributed by atoms with van der Waals surface area (Å²) in [5.74, 6) is 2.54. The first kappa shape index (κ1) is 17.1. The molecule has 0 atom stereocenters. The number of hydrogen-bond donors (Lipinski definition) is 2. The number of nitrogens with one attached hydrogen (secondary N) is 2. The maximum absolute atomic E-state index is 12.2. The summed E-state index contributed by atoms with van der Waals surface area (Å²) >= 11 is 0. The van der Waals surface area contributed by atoms with Crippen LogP contribution in [0.25, 0.3) is 0 Å². The fourth-order valence-electron chi connectivity index (χ4n) is 2.14. The monoisotopic (exact) mass is 322 g/mol. The fraction of sp³-hybridized carbons (Fsp3) is 0.158. The molecule has 0 saturated heterocycles. The molecule has 0 aliphatic carbocycles. The van der Waals surface area contributed by atoms with Gasteiger partial charge in [0.1, 0.15) is 5.75 Å². The van der Waals surface area contributed by atoms with Crippen LogP contribution in [0.15, 0.2) is 48.5 Å². The Bertz CT molecular complexity index is 761. The molecule has 0 aliphatic heterocycles. The molecule has 0 radical (unpaired) electrons. The summed E-state index contributed by atoms with van der Waals surface area (Å²) in [6, 6.07) is 14.0. The molecule has 0 heterocycles. The van der Waals surface area contributed by atoms with E-state index in [4.69, 9.17) is 11.2 Å². The van der Waals surface area contributed by atoms with Crippen LogP contribution in [0.1, 0.15) is 15.9 Å². The average Bonchev–Trinajstić information content (AvgIpc) is 2.60. The van der Waals surface area contributed by atoms with Crippen LogP contribution in [0.3, 0.4) is 0 Å². The Labute approximate surface area is 141 Å². The highest BCUT2D eigenvalue weighted by molar-refractivity contribution is 6.04. The summed E-state index contributed by atoms with van der Waals surface area (Å²) in [6.07, 6.45) is 5.34. The SMILES string of the molecule is C#CCNC(=O)c1ccccc1NC(=O)Cc1ccc(OC)cc1. The largest absolute Gasteiger partial charge is 0.497 e. The summed E-state index contributed by atoms with van der Waals surface area (Å²) < 4.78 is 5.09. The van der Waals surface area contributed by atoms with Crippen molar-refractivity contribution in [1.82, 2.24) is 5.32 Å². The fourth-order valence-corrected chi connectivity index (χ4v) is 2.14. The molecule has 5 heteroatoms. The number of anilines is 1. The predicted octanol–water partition coefficient (Wildman–Crippen LogP) is 2.24. The van der Waals surface area contributed by atoms with E-state index in [0.29, 0.717) is 11.3 Å². The lowest BCUT2D eigenvalue weighted by Crippen LogP contribution is -2.25. The highest BCUT2D eigenvalue weighted by Crippen LogP contribution is 2.16. The standard InChI is InChI=1S/C19H18N2O3/c1-3-12-20-19(23)16-6-4-5-7-17(16)21-18(22)13-14-8-10-15(24-2)11-9-14/h1,4-11H,12-13H2,2H3,(H,20,23)(H,21,22). The number of methoxy groups -OCH3 is 1. The van der Waals surface area contributed by atoms with E-state index in [2.05, 4.69) is 16.6 Å². The molecule has 2 amide bonds. The summed E-state index contributed by atoms with van der Waals surface area (Å²) in [4.78, 5) is 24.3. The summed E-state index contributed by atoms with van der Waals surface area (Å²) in [7, 11) is 1.59. The maximum Gasteiger partial charge on any atom is 0.254 e. The molecule has 0 fully saturated rings. The van der Waals surface area contributed by atoms with Crippen molar-refractivity contribution in [3.05, 3.63) is 59.7 Å². The number of ether oxygens (including phenoxy) is 1. The van der Waals surface area contributed by atoms with Gasteiger partial charge >= 0.3 is 0 Å². The number of amides is 2. The van der Waals surface area contributed by atoms with E-state index < -0.39 is 0 Å². The molecule has 0 unspecified atom stereocenters. The maximum atomic E-state index is 12.2. The number of hydrogen-bond acceptors (Lipinski definition) is 3. The van der Waals surface area contributed by atoms with Crippen molar-refractivity contribution in [2.24, 2.45) is 0 Å². The molecule has 24 heavy (non-hydrogen) atoms. The topological polar surface area (TPSA) is 67.4 Å². The second kappa shape index (κ2) is 8.39. The predicted molar refractivity (Wildman–Crippen MR) is 92.9 cm³/mol. The number of terminal acetylenes is 1. The lowest BCUT2D eigenvalue weighted by molar-refractivity contribution is -0.115. The molecule has 2 aromatic carbocycles. The number of para-hydroxylation sites is 1. The summed E-state index contributed by atoms with van der Waals surface area (Å²) in [6.45, 7) is 0.132. The van der Waals surface area contributed by atoms with Crippen molar-refractivity contribution < 1.29 is 14.3 Å². The van der Waals surface area contributed by atoms with Gasteiger partial charge in [-0.05, 0) is 29.8 Å². The minimum atomic E-state index is -0.326. The first-order valence-corrected chi connectivity index (χ1v) is 7.37. The van der Waals surface area contributed by atoms with Crippen LogP contribution in [0, 0.1) is 12.3 Å². The summed E-state index contributed by atoms with van der Waals surface area (Å²) in [5.41, 5.74) is 1.67. The Morgan fingerprint density at radius 3 is 2.50 bits per heavy atom. The van der Waals surface area contributed by atoms with E-state index in [1.807, 2.05) is 12.1 Å². The quantitative estimate of drug-likeness (QED) is 0.802. The van der Waals surface area contributed by atoms with Gasteiger partial charge in [-0.1, -0.05) is 30.2 Å². The third-order valence-corrected chi connectivity index (χ3v) is 3.32. The van der Waals surface area contributed by atoms with Gasteiger partial charge in [-0.25, -0.2) is 0 Å². The zero-order valence-electron chi connectivity index (χ0n) is 13.3. The van der Waals surface area contributed by atoms with E-state index in [-0.39, 0.29) is 24.8 Å². The van der Waals surface area contributed by atoms with Crippen LogP contribution in [-0.2, 0) is 11.2 Å². The minimum absolute atomic E-state index is 0.132. The molecule has 2 rings (SSSR count). The zero-order valence-corrected chi connectivity index (χ0v) is 13.3. The van der Waals surface area contributed by atoms with Gasteiger partial charge in [0.05, 0.1) is 31.3 Å². The Kier molecular flexibility index (Phi) is 5.98. The van der Waals surface area contributed by atoms with Gasteiger partial charge < -0.3 is 15.4 Å². The van der Waals surface area contributed by atoms with E-state index in [1.165, 1.54) is 0 Å². The molecule has 0 aliphatic rings. The smallest absolute Gasteiger partial charge is 0.254 e. The molecule has 0 aromatic heterocycles. The highest BCUT2D eigenvalue weighted by atomic mass is 16.5. The highest BCUT2D eigenvalue weighted by Gasteiger charge is 2.12. The average molecular weight is 322 g/mol. The zero-order chi connectivity index (χ0) is 17.4. The van der Waals surface area contributed by atoms with Crippen molar-refractivity contribution >= 4 is 17.5 Å². The van der Waals surface area contributed by atoms with E-state index >= 15 is 0 Å². The first-order valence-electron chi connectivity index (χ1n) is 7.37. The van der Waals surface area contributed by atoms with Crippen LogP contribution in [0.4, 0.5) is 5.69 Å². The van der Waals surface area contributed by atoms with Crippen molar-refractivity contribution in [3.63, 3.8) is 0 Å². The van der Waals surface area contributed by atoms with Crippen LogP contribution < -0.4 is 15.4 Å². The van der Waals surface area contributed by atoms with Gasteiger partial charge in [0, 0.05) is 0 Å².